The second kappa shape index (κ2) is 5.83. The molecule has 0 bridgehead atoms. The van der Waals surface area contributed by atoms with Gasteiger partial charge in [-0.1, -0.05) is 0 Å². The molecule has 0 spiro atoms. The second-order valence-electron chi connectivity index (χ2n) is 6.78. The standard InChI is InChI=1S/C17H25N5O/c1-10(2)22(9-14-11(3)20-21(5)12(14)4)17(23)16-8-15(18-19-16)13-6-7-13/h8,10,13H,6-7,9H2,1-5H3,(H,18,19). The number of hydrogen-bond acceptors (Lipinski definition) is 3. The predicted octanol–water partition coefficient (Wildman–Crippen LogP) is 2.69. The van der Waals surface area contributed by atoms with Crippen LogP contribution in [0.15, 0.2) is 6.07 Å². The van der Waals surface area contributed by atoms with Gasteiger partial charge in [0.15, 0.2) is 0 Å². The van der Waals surface area contributed by atoms with Crippen LogP contribution >= 0.6 is 0 Å². The van der Waals surface area contributed by atoms with E-state index in [0.29, 0.717) is 18.2 Å². The van der Waals surface area contributed by atoms with Crippen LogP contribution in [-0.4, -0.2) is 36.8 Å². The summed E-state index contributed by atoms with van der Waals surface area (Å²) in [7, 11) is 1.93. The van der Waals surface area contributed by atoms with Crippen LogP contribution in [-0.2, 0) is 13.6 Å². The summed E-state index contributed by atoms with van der Waals surface area (Å²) in [4.78, 5) is 14.8. The Balaban J connectivity index is 1.83. The summed E-state index contributed by atoms with van der Waals surface area (Å²) in [6.45, 7) is 8.66. The van der Waals surface area contributed by atoms with Gasteiger partial charge in [0.25, 0.3) is 5.91 Å². The SMILES string of the molecule is Cc1nn(C)c(C)c1CN(C(=O)c1cc(C2CC2)[nH]n1)C(C)C. The van der Waals surface area contributed by atoms with Crippen LogP contribution in [0.25, 0.3) is 0 Å². The lowest BCUT2D eigenvalue weighted by Crippen LogP contribution is -2.37. The van der Waals surface area contributed by atoms with Crippen LogP contribution in [0.3, 0.4) is 0 Å². The van der Waals surface area contributed by atoms with Crippen LogP contribution in [0.1, 0.15) is 65.7 Å². The highest BCUT2D eigenvalue weighted by molar-refractivity contribution is 5.92. The molecule has 1 fully saturated rings. The molecule has 6 heteroatoms. The maximum absolute atomic E-state index is 12.9. The number of aromatic nitrogens is 4. The quantitative estimate of drug-likeness (QED) is 0.922. The summed E-state index contributed by atoms with van der Waals surface area (Å²) in [5.41, 5.74) is 4.80. The minimum Gasteiger partial charge on any atom is -0.330 e. The molecule has 0 aliphatic heterocycles. The lowest BCUT2D eigenvalue weighted by atomic mass is 10.1. The lowest BCUT2D eigenvalue weighted by Gasteiger charge is -2.26. The molecule has 1 aliphatic carbocycles. The highest BCUT2D eigenvalue weighted by atomic mass is 16.2. The topological polar surface area (TPSA) is 66.8 Å². The van der Waals surface area contributed by atoms with Crippen molar-refractivity contribution in [1.82, 2.24) is 24.9 Å². The first-order valence-corrected chi connectivity index (χ1v) is 8.23. The molecule has 0 saturated heterocycles. The normalized spacial score (nSPS) is 14.5. The van der Waals surface area contributed by atoms with Crippen molar-refractivity contribution in [3.8, 4) is 0 Å². The summed E-state index contributed by atoms with van der Waals surface area (Å²) in [6, 6.07) is 2.01. The fourth-order valence-electron chi connectivity index (χ4n) is 2.90. The second-order valence-corrected chi connectivity index (χ2v) is 6.78. The van der Waals surface area contributed by atoms with Crippen LogP contribution in [0, 0.1) is 13.8 Å². The summed E-state index contributed by atoms with van der Waals surface area (Å²) in [6.07, 6.45) is 2.38. The Labute approximate surface area is 136 Å². The molecule has 0 radical (unpaired) electrons. The zero-order chi connectivity index (χ0) is 16.7. The molecular weight excluding hydrogens is 290 g/mol. The van der Waals surface area contributed by atoms with Crippen molar-refractivity contribution >= 4 is 5.91 Å². The predicted molar refractivity (Wildman–Crippen MR) is 88.3 cm³/mol. The number of nitrogens with zero attached hydrogens (tertiary/aromatic N) is 4. The minimum absolute atomic E-state index is 0.0224. The zero-order valence-electron chi connectivity index (χ0n) is 14.6. The lowest BCUT2D eigenvalue weighted by molar-refractivity contribution is 0.0683. The maximum atomic E-state index is 12.9. The van der Waals surface area contributed by atoms with Crippen molar-refractivity contribution in [2.24, 2.45) is 7.05 Å². The van der Waals surface area contributed by atoms with Crippen molar-refractivity contribution in [1.29, 1.82) is 0 Å². The van der Waals surface area contributed by atoms with Crippen molar-refractivity contribution in [3.63, 3.8) is 0 Å². The average molecular weight is 315 g/mol. The van der Waals surface area contributed by atoms with E-state index in [9.17, 15) is 4.79 Å². The maximum Gasteiger partial charge on any atom is 0.274 e. The highest BCUT2D eigenvalue weighted by Gasteiger charge is 2.29. The van der Waals surface area contributed by atoms with Gasteiger partial charge >= 0.3 is 0 Å². The fourth-order valence-corrected chi connectivity index (χ4v) is 2.90. The number of carbonyl (C=O) groups is 1. The van der Waals surface area contributed by atoms with Crippen LogP contribution in [0.5, 0.6) is 0 Å². The van der Waals surface area contributed by atoms with Gasteiger partial charge in [-0.15, -0.1) is 0 Å². The van der Waals surface area contributed by atoms with Gasteiger partial charge in [0.1, 0.15) is 5.69 Å². The van der Waals surface area contributed by atoms with Crippen molar-refractivity contribution in [3.05, 3.63) is 34.4 Å². The minimum atomic E-state index is -0.0224. The molecule has 2 heterocycles. The molecule has 0 aromatic carbocycles. The van der Waals surface area contributed by atoms with E-state index in [1.807, 2.05) is 50.4 Å². The van der Waals surface area contributed by atoms with E-state index in [1.54, 1.807) is 0 Å². The molecular formula is C17H25N5O. The van der Waals surface area contributed by atoms with Crippen LogP contribution in [0.2, 0.25) is 0 Å². The highest BCUT2D eigenvalue weighted by Crippen LogP contribution is 2.39. The molecule has 124 valence electrons. The van der Waals surface area contributed by atoms with Crippen molar-refractivity contribution < 1.29 is 4.79 Å². The number of aryl methyl sites for hydroxylation is 2. The largest absolute Gasteiger partial charge is 0.330 e. The first-order valence-electron chi connectivity index (χ1n) is 8.23. The third-order valence-corrected chi connectivity index (χ3v) is 4.71. The molecule has 0 unspecified atom stereocenters. The van der Waals surface area contributed by atoms with Gasteiger partial charge in [-0.3, -0.25) is 14.6 Å². The Kier molecular flexibility index (Phi) is 4.00. The number of nitrogens with one attached hydrogen (secondary N) is 1. The zero-order valence-corrected chi connectivity index (χ0v) is 14.6. The average Bonchev–Trinajstić information content (AvgIpc) is 3.17. The first kappa shape index (κ1) is 15.8. The van der Waals surface area contributed by atoms with Gasteiger partial charge in [-0.25, -0.2) is 0 Å². The molecule has 23 heavy (non-hydrogen) atoms. The van der Waals surface area contributed by atoms with Crippen LogP contribution in [0.4, 0.5) is 0 Å². The number of rotatable bonds is 5. The van der Waals surface area contributed by atoms with Gasteiger partial charge in [0.2, 0.25) is 0 Å². The number of H-pyrrole nitrogens is 1. The van der Waals surface area contributed by atoms with Gasteiger partial charge in [-0.2, -0.15) is 10.2 Å². The molecule has 6 nitrogen and oxygen atoms in total. The summed E-state index contributed by atoms with van der Waals surface area (Å²) in [5.74, 6) is 0.546. The summed E-state index contributed by atoms with van der Waals surface area (Å²) < 4.78 is 1.87. The fraction of sp³-hybridized carbons (Fsp3) is 0.588. The van der Waals surface area contributed by atoms with Crippen molar-refractivity contribution in [2.45, 2.75) is 59.0 Å². The molecule has 2 aromatic heterocycles. The molecule has 1 saturated carbocycles. The molecule has 2 aromatic rings. The molecule has 1 N–H and O–H groups in total. The molecule has 1 amide bonds. The third-order valence-electron chi connectivity index (χ3n) is 4.71. The monoisotopic (exact) mass is 315 g/mol. The van der Waals surface area contributed by atoms with Gasteiger partial charge in [-0.05, 0) is 46.6 Å². The molecule has 3 rings (SSSR count). The van der Waals surface area contributed by atoms with E-state index in [2.05, 4.69) is 15.3 Å². The smallest absolute Gasteiger partial charge is 0.274 e. The van der Waals surface area contributed by atoms with Crippen molar-refractivity contribution in [2.75, 3.05) is 0 Å². The Morgan fingerprint density at radius 3 is 2.65 bits per heavy atom. The van der Waals surface area contributed by atoms with E-state index >= 15 is 0 Å². The van der Waals surface area contributed by atoms with E-state index in [1.165, 1.54) is 12.8 Å². The van der Waals surface area contributed by atoms with E-state index in [0.717, 1.165) is 22.6 Å². The molecule has 0 atom stereocenters. The Morgan fingerprint density at radius 2 is 2.13 bits per heavy atom. The Morgan fingerprint density at radius 1 is 1.43 bits per heavy atom. The van der Waals surface area contributed by atoms with E-state index in [4.69, 9.17) is 0 Å². The number of hydrogen-bond donors (Lipinski definition) is 1. The van der Waals surface area contributed by atoms with Gasteiger partial charge in [0, 0.05) is 42.5 Å². The van der Waals surface area contributed by atoms with E-state index in [-0.39, 0.29) is 11.9 Å². The Bertz CT molecular complexity index is 723. The third kappa shape index (κ3) is 3.02. The number of carbonyl (C=O) groups excluding carboxylic acids is 1. The summed E-state index contributed by atoms with van der Waals surface area (Å²) >= 11 is 0. The summed E-state index contributed by atoms with van der Waals surface area (Å²) in [5, 5.41) is 11.7. The Hall–Kier alpha value is -2.11. The van der Waals surface area contributed by atoms with Gasteiger partial charge in [0.05, 0.1) is 5.69 Å². The van der Waals surface area contributed by atoms with Crippen LogP contribution < -0.4 is 0 Å². The van der Waals surface area contributed by atoms with E-state index < -0.39 is 0 Å². The number of aromatic amines is 1. The van der Waals surface area contributed by atoms with Gasteiger partial charge < -0.3 is 4.90 Å². The molecule has 1 aliphatic rings. The first-order chi connectivity index (χ1) is 10.9. The number of amides is 1.